The summed E-state index contributed by atoms with van der Waals surface area (Å²) in [4.78, 5) is 0. The maximum Gasteiger partial charge on any atom is 0.0968 e. The topological polar surface area (TPSA) is 40.7 Å². The van der Waals surface area contributed by atoms with Crippen LogP contribution in [0.25, 0.3) is 5.57 Å². The summed E-state index contributed by atoms with van der Waals surface area (Å²) in [5.41, 5.74) is 5.58. The second-order valence-electron chi connectivity index (χ2n) is 4.46. The molecule has 3 nitrogen and oxygen atoms in total. The average molecular weight is 229 g/mol. The molecule has 0 spiro atoms. The number of aromatic amines is 1. The number of H-pyrrole nitrogens is 1. The van der Waals surface area contributed by atoms with Crippen LogP contribution in [0, 0.1) is 0 Å². The van der Waals surface area contributed by atoms with E-state index in [0.717, 1.165) is 42.8 Å². The molecule has 0 atom stereocenters. The van der Waals surface area contributed by atoms with Crippen molar-refractivity contribution in [1.29, 1.82) is 0 Å². The second kappa shape index (κ2) is 5.15. The minimum absolute atomic E-state index is 0.878. The summed E-state index contributed by atoms with van der Waals surface area (Å²) in [5, 5.41) is 11.0. The lowest BCUT2D eigenvalue weighted by Gasteiger charge is -2.04. The van der Waals surface area contributed by atoms with Gasteiger partial charge in [0.2, 0.25) is 0 Å². The first-order valence-electron chi connectivity index (χ1n) is 5.99. The zero-order valence-corrected chi connectivity index (χ0v) is 10.3. The number of nitrogens with one attached hydrogen (secondary N) is 2. The summed E-state index contributed by atoms with van der Waals surface area (Å²) in [6.45, 7) is 11.7. The van der Waals surface area contributed by atoms with Gasteiger partial charge in [-0.1, -0.05) is 30.9 Å². The molecule has 0 bridgehead atoms. The normalized spacial score (nSPS) is 16.2. The predicted octanol–water partition coefficient (Wildman–Crippen LogP) is 2.59. The number of aryl methyl sites for hydroxylation is 1. The smallest absolute Gasteiger partial charge is 0.0968 e. The SMILES string of the molecule is C=C/C(=C\C(=C)C)c1n[nH]c2c1CNCCC2. The van der Waals surface area contributed by atoms with Crippen molar-refractivity contribution in [2.24, 2.45) is 0 Å². The second-order valence-corrected chi connectivity index (χ2v) is 4.46. The van der Waals surface area contributed by atoms with Crippen LogP contribution in [0.1, 0.15) is 30.3 Å². The van der Waals surface area contributed by atoms with Gasteiger partial charge in [-0.05, 0) is 26.3 Å². The van der Waals surface area contributed by atoms with Crippen LogP contribution in [0.2, 0.25) is 0 Å². The highest BCUT2D eigenvalue weighted by Gasteiger charge is 2.16. The zero-order chi connectivity index (χ0) is 12.3. The third kappa shape index (κ3) is 2.56. The number of rotatable bonds is 3. The molecule has 0 radical (unpaired) electrons. The lowest BCUT2D eigenvalue weighted by molar-refractivity contribution is 0.675. The Morgan fingerprint density at radius 1 is 1.47 bits per heavy atom. The zero-order valence-electron chi connectivity index (χ0n) is 10.3. The average Bonchev–Trinajstić information content (AvgIpc) is 2.55. The molecule has 0 amide bonds. The van der Waals surface area contributed by atoms with Gasteiger partial charge in [0.1, 0.15) is 0 Å². The lowest BCUT2D eigenvalue weighted by Crippen LogP contribution is -2.12. The maximum absolute atomic E-state index is 4.42. The molecule has 1 aliphatic heterocycles. The first-order valence-corrected chi connectivity index (χ1v) is 5.99. The van der Waals surface area contributed by atoms with Crippen LogP contribution in [-0.4, -0.2) is 16.7 Å². The Morgan fingerprint density at radius 3 is 3.00 bits per heavy atom. The van der Waals surface area contributed by atoms with Crippen molar-refractivity contribution < 1.29 is 0 Å². The number of aromatic nitrogens is 2. The molecule has 2 heterocycles. The van der Waals surface area contributed by atoms with Crippen molar-refractivity contribution in [2.45, 2.75) is 26.3 Å². The van der Waals surface area contributed by atoms with Gasteiger partial charge in [0, 0.05) is 23.4 Å². The van der Waals surface area contributed by atoms with E-state index in [-0.39, 0.29) is 0 Å². The molecule has 2 rings (SSSR count). The van der Waals surface area contributed by atoms with Gasteiger partial charge >= 0.3 is 0 Å². The highest BCUT2D eigenvalue weighted by atomic mass is 15.1. The van der Waals surface area contributed by atoms with E-state index < -0.39 is 0 Å². The molecular formula is C14H19N3. The molecule has 0 fully saturated rings. The Kier molecular flexibility index (Phi) is 3.59. The molecule has 0 saturated carbocycles. The van der Waals surface area contributed by atoms with Crippen molar-refractivity contribution >= 4 is 5.57 Å². The van der Waals surface area contributed by atoms with Crippen LogP contribution < -0.4 is 5.32 Å². The molecule has 1 aromatic heterocycles. The lowest BCUT2D eigenvalue weighted by atomic mass is 10.0. The van der Waals surface area contributed by atoms with Crippen molar-refractivity contribution in [2.75, 3.05) is 6.54 Å². The monoisotopic (exact) mass is 229 g/mol. The fourth-order valence-electron chi connectivity index (χ4n) is 2.13. The number of nitrogens with zero attached hydrogens (tertiary/aromatic N) is 1. The van der Waals surface area contributed by atoms with Gasteiger partial charge in [0.05, 0.1) is 5.69 Å². The van der Waals surface area contributed by atoms with Gasteiger partial charge in [-0.15, -0.1) is 0 Å². The highest BCUT2D eigenvalue weighted by molar-refractivity contribution is 5.75. The maximum atomic E-state index is 4.42. The fourth-order valence-corrected chi connectivity index (χ4v) is 2.13. The summed E-state index contributed by atoms with van der Waals surface area (Å²) in [6, 6.07) is 0. The van der Waals surface area contributed by atoms with E-state index in [1.165, 1.54) is 11.3 Å². The molecule has 90 valence electrons. The van der Waals surface area contributed by atoms with E-state index in [2.05, 4.69) is 28.7 Å². The standard InChI is InChI=1S/C14H19N3/c1-4-11(8-10(2)3)14-12-9-15-7-5-6-13(12)16-17-14/h4,8,15H,1-2,5-7,9H2,3H3,(H,16,17)/b11-8+. The van der Waals surface area contributed by atoms with Crippen LogP contribution in [0.15, 0.2) is 30.9 Å². The highest BCUT2D eigenvalue weighted by Crippen LogP contribution is 2.23. The number of hydrogen-bond donors (Lipinski definition) is 2. The first-order chi connectivity index (χ1) is 8.22. The van der Waals surface area contributed by atoms with Crippen molar-refractivity contribution in [3.63, 3.8) is 0 Å². The van der Waals surface area contributed by atoms with Gasteiger partial charge in [-0.25, -0.2) is 0 Å². The van der Waals surface area contributed by atoms with Crippen LogP contribution in [0.4, 0.5) is 0 Å². The van der Waals surface area contributed by atoms with Gasteiger partial charge in [-0.3, -0.25) is 5.10 Å². The molecule has 3 heteroatoms. The Labute approximate surface area is 102 Å². The fraction of sp³-hybridized carbons (Fsp3) is 0.357. The molecule has 0 unspecified atom stereocenters. The molecule has 0 aromatic carbocycles. The minimum Gasteiger partial charge on any atom is -0.313 e. The summed E-state index contributed by atoms with van der Waals surface area (Å²) < 4.78 is 0. The number of fused-ring (bicyclic) bond motifs is 1. The van der Waals surface area contributed by atoms with Crippen molar-refractivity contribution in [3.8, 4) is 0 Å². The number of hydrogen-bond acceptors (Lipinski definition) is 2. The van der Waals surface area contributed by atoms with Crippen LogP contribution in [0.3, 0.4) is 0 Å². The van der Waals surface area contributed by atoms with E-state index in [1.54, 1.807) is 0 Å². The van der Waals surface area contributed by atoms with Gasteiger partial charge in [0.25, 0.3) is 0 Å². The third-order valence-electron chi connectivity index (χ3n) is 2.93. The van der Waals surface area contributed by atoms with E-state index >= 15 is 0 Å². The largest absolute Gasteiger partial charge is 0.313 e. The Hall–Kier alpha value is -1.61. The Balaban J connectivity index is 2.41. The molecule has 0 aliphatic carbocycles. The number of allylic oxidation sites excluding steroid dienone is 4. The van der Waals surface area contributed by atoms with Crippen LogP contribution in [-0.2, 0) is 13.0 Å². The first kappa shape index (κ1) is 11.9. The van der Waals surface area contributed by atoms with E-state index in [1.807, 2.05) is 19.1 Å². The third-order valence-corrected chi connectivity index (χ3v) is 2.93. The van der Waals surface area contributed by atoms with E-state index in [9.17, 15) is 0 Å². The van der Waals surface area contributed by atoms with Crippen LogP contribution >= 0.6 is 0 Å². The molecule has 1 aliphatic rings. The molecule has 0 saturated heterocycles. The molecule has 17 heavy (non-hydrogen) atoms. The van der Waals surface area contributed by atoms with Crippen molar-refractivity contribution in [1.82, 2.24) is 15.5 Å². The van der Waals surface area contributed by atoms with Crippen LogP contribution in [0.5, 0.6) is 0 Å². The summed E-state index contributed by atoms with van der Waals surface area (Å²) in [6.07, 6.45) is 6.08. The minimum atomic E-state index is 0.878. The Morgan fingerprint density at radius 2 is 2.29 bits per heavy atom. The molecular weight excluding hydrogens is 210 g/mol. The Bertz CT molecular complexity index is 466. The van der Waals surface area contributed by atoms with Crippen molar-refractivity contribution in [3.05, 3.63) is 47.8 Å². The summed E-state index contributed by atoms with van der Waals surface area (Å²) in [7, 11) is 0. The quantitative estimate of drug-likeness (QED) is 0.782. The molecule has 1 aromatic rings. The predicted molar refractivity (Wildman–Crippen MR) is 71.6 cm³/mol. The van der Waals surface area contributed by atoms with E-state index in [0.29, 0.717) is 0 Å². The molecule has 2 N–H and O–H groups in total. The summed E-state index contributed by atoms with van der Waals surface area (Å²) >= 11 is 0. The summed E-state index contributed by atoms with van der Waals surface area (Å²) in [5.74, 6) is 0. The van der Waals surface area contributed by atoms with E-state index in [4.69, 9.17) is 0 Å². The van der Waals surface area contributed by atoms with Gasteiger partial charge in [-0.2, -0.15) is 5.10 Å². The van der Waals surface area contributed by atoms with Gasteiger partial charge < -0.3 is 5.32 Å². The van der Waals surface area contributed by atoms with Gasteiger partial charge in [0.15, 0.2) is 0 Å².